The Morgan fingerprint density at radius 2 is 2.10 bits per heavy atom. The summed E-state index contributed by atoms with van der Waals surface area (Å²) in [7, 11) is 1.64. The minimum atomic E-state index is -0.0397. The van der Waals surface area contributed by atoms with Crippen LogP contribution >= 0.6 is 23.1 Å². The second kappa shape index (κ2) is 7.25. The fraction of sp³-hybridized carbons (Fsp3) is 0.308. The molecular formula is C13H15N3O2S2. The number of thioether (sulfide) groups is 1. The van der Waals surface area contributed by atoms with Gasteiger partial charge in [-0.25, -0.2) is 0 Å². The van der Waals surface area contributed by atoms with E-state index in [0.717, 1.165) is 21.4 Å². The number of ether oxygens (including phenoxy) is 1. The number of anilines is 1. The number of aryl methyl sites for hydroxylation is 1. The first kappa shape index (κ1) is 14.8. The van der Waals surface area contributed by atoms with Crippen LogP contribution in [0.2, 0.25) is 0 Å². The number of aromatic nitrogens is 2. The Morgan fingerprint density at radius 1 is 1.35 bits per heavy atom. The van der Waals surface area contributed by atoms with Gasteiger partial charge in [0.05, 0.1) is 7.11 Å². The predicted octanol–water partition coefficient (Wildman–Crippen LogP) is 2.98. The summed E-state index contributed by atoms with van der Waals surface area (Å²) in [5, 5.41) is 11.8. The van der Waals surface area contributed by atoms with Gasteiger partial charge in [0.15, 0.2) is 0 Å². The predicted molar refractivity (Wildman–Crippen MR) is 81.6 cm³/mol. The molecule has 0 unspecified atom stereocenters. The van der Waals surface area contributed by atoms with E-state index in [1.54, 1.807) is 18.9 Å². The molecule has 0 aliphatic rings. The van der Waals surface area contributed by atoms with E-state index < -0.39 is 0 Å². The molecule has 0 radical (unpaired) electrons. The third-order valence-corrected chi connectivity index (χ3v) is 4.20. The minimum absolute atomic E-state index is 0.0397. The third kappa shape index (κ3) is 4.50. The summed E-state index contributed by atoms with van der Waals surface area (Å²) in [6.07, 6.45) is 0.440. The van der Waals surface area contributed by atoms with Crippen molar-refractivity contribution in [2.45, 2.75) is 18.2 Å². The molecule has 7 heteroatoms. The Bertz CT molecular complexity index is 569. The van der Waals surface area contributed by atoms with Crippen LogP contribution in [0.3, 0.4) is 0 Å². The molecule has 0 aliphatic heterocycles. The van der Waals surface area contributed by atoms with Crippen molar-refractivity contribution >= 4 is 34.1 Å². The Balaban J connectivity index is 1.73. The van der Waals surface area contributed by atoms with Gasteiger partial charge < -0.3 is 10.1 Å². The molecule has 0 fully saturated rings. The maximum Gasteiger partial charge on any atom is 0.227 e. The molecule has 20 heavy (non-hydrogen) atoms. The van der Waals surface area contributed by atoms with E-state index in [4.69, 9.17) is 4.74 Å². The van der Waals surface area contributed by atoms with E-state index in [1.165, 1.54) is 11.3 Å². The SMILES string of the molecule is COc1ccc(SCCC(=O)Nc2nnc(C)s2)cc1. The lowest BCUT2D eigenvalue weighted by molar-refractivity contribution is -0.115. The van der Waals surface area contributed by atoms with Gasteiger partial charge in [0.1, 0.15) is 10.8 Å². The van der Waals surface area contributed by atoms with Crippen LogP contribution in [-0.2, 0) is 4.79 Å². The number of methoxy groups -OCH3 is 1. The second-order valence-electron chi connectivity index (χ2n) is 3.95. The summed E-state index contributed by atoms with van der Waals surface area (Å²) in [6.45, 7) is 1.85. The molecule has 1 heterocycles. The largest absolute Gasteiger partial charge is 0.497 e. The molecule has 0 spiro atoms. The monoisotopic (exact) mass is 309 g/mol. The van der Waals surface area contributed by atoms with Crippen molar-refractivity contribution in [2.75, 3.05) is 18.2 Å². The summed E-state index contributed by atoms with van der Waals surface area (Å²) in [4.78, 5) is 12.8. The van der Waals surface area contributed by atoms with Crippen molar-refractivity contribution in [2.24, 2.45) is 0 Å². The van der Waals surface area contributed by atoms with E-state index in [0.29, 0.717) is 11.6 Å². The summed E-state index contributed by atoms with van der Waals surface area (Å²) >= 11 is 3.01. The van der Waals surface area contributed by atoms with Gasteiger partial charge in [0.25, 0.3) is 0 Å². The van der Waals surface area contributed by atoms with Gasteiger partial charge in [-0.1, -0.05) is 11.3 Å². The number of benzene rings is 1. The standard InChI is InChI=1S/C13H15N3O2S2/c1-9-15-16-13(20-9)14-12(17)7-8-19-11-5-3-10(18-2)4-6-11/h3-6H,7-8H2,1-2H3,(H,14,16,17). The highest BCUT2D eigenvalue weighted by atomic mass is 32.2. The molecule has 1 aromatic carbocycles. The van der Waals surface area contributed by atoms with Gasteiger partial charge in [-0.2, -0.15) is 0 Å². The lowest BCUT2D eigenvalue weighted by Gasteiger charge is -2.03. The fourth-order valence-electron chi connectivity index (χ4n) is 1.46. The van der Waals surface area contributed by atoms with Crippen molar-refractivity contribution in [1.82, 2.24) is 10.2 Å². The molecule has 1 N–H and O–H groups in total. The first-order chi connectivity index (χ1) is 9.67. The second-order valence-corrected chi connectivity index (χ2v) is 6.30. The van der Waals surface area contributed by atoms with E-state index in [1.807, 2.05) is 31.2 Å². The van der Waals surface area contributed by atoms with Crippen LogP contribution in [0.15, 0.2) is 29.2 Å². The topological polar surface area (TPSA) is 64.1 Å². The van der Waals surface area contributed by atoms with Gasteiger partial charge in [-0.05, 0) is 31.2 Å². The van der Waals surface area contributed by atoms with Crippen LogP contribution in [0, 0.1) is 6.92 Å². The van der Waals surface area contributed by atoms with E-state index in [2.05, 4.69) is 15.5 Å². The van der Waals surface area contributed by atoms with Crippen LogP contribution in [-0.4, -0.2) is 29.0 Å². The lowest BCUT2D eigenvalue weighted by atomic mass is 10.3. The zero-order valence-corrected chi connectivity index (χ0v) is 12.9. The molecule has 2 aromatic rings. The van der Waals surface area contributed by atoms with Gasteiger partial charge >= 0.3 is 0 Å². The maximum absolute atomic E-state index is 11.7. The third-order valence-electron chi connectivity index (χ3n) is 2.43. The molecule has 0 bridgehead atoms. The fourth-order valence-corrected chi connectivity index (χ4v) is 2.92. The summed E-state index contributed by atoms with van der Waals surface area (Å²) in [6, 6.07) is 7.78. The molecule has 1 aromatic heterocycles. The highest BCUT2D eigenvalue weighted by Gasteiger charge is 2.06. The highest BCUT2D eigenvalue weighted by molar-refractivity contribution is 7.99. The van der Waals surface area contributed by atoms with Crippen molar-refractivity contribution in [3.8, 4) is 5.75 Å². The average molecular weight is 309 g/mol. The molecule has 1 amide bonds. The Labute approximate surface area is 125 Å². The summed E-state index contributed by atoms with van der Waals surface area (Å²) in [5.74, 6) is 1.51. The first-order valence-electron chi connectivity index (χ1n) is 6.04. The van der Waals surface area contributed by atoms with Crippen molar-refractivity contribution in [3.63, 3.8) is 0 Å². The number of carbonyl (C=O) groups excluding carboxylic acids is 1. The molecule has 0 aliphatic carbocycles. The number of hydrogen-bond acceptors (Lipinski definition) is 6. The number of nitrogens with one attached hydrogen (secondary N) is 1. The van der Waals surface area contributed by atoms with Crippen LogP contribution in [0.5, 0.6) is 5.75 Å². The Morgan fingerprint density at radius 3 is 2.70 bits per heavy atom. The first-order valence-corrected chi connectivity index (χ1v) is 7.84. The van der Waals surface area contributed by atoms with Gasteiger partial charge in [-0.3, -0.25) is 4.79 Å². The molecule has 0 atom stereocenters. The number of carbonyl (C=O) groups is 1. The van der Waals surface area contributed by atoms with Crippen molar-refractivity contribution in [1.29, 1.82) is 0 Å². The molecule has 106 valence electrons. The van der Waals surface area contributed by atoms with Crippen molar-refractivity contribution in [3.05, 3.63) is 29.3 Å². The minimum Gasteiger partial charge on any atom is -0.497 e. The Kier molecular flexibility index (Phi) is 5.37. The number of hydrogen-bond donors (Lipinski definition) is 1. The van der Waals surface area contributed by atoms with Crippen LogP contribution in [0.4, 0.5) is 5.13 Å². The average Bonchev–Trinajstić information content (AvgIpc) is 2.85. The summed E-state index contributed by atoms with van der Waals surface area (Å²) < 4.78 is 5.10. The zero-order valence-electron chi connectivity index (χ0n) is 11.3. The molecular weight excluding hydrogens is 294 g/mol. The molecule has 2 rings (SSSR count). The molecule has 5 nitrogen and oxygen atoms in total. The normalized spacial score (nSPS) is 10.3. The maximum atomic E-state index is 11.7. The van der Waals surface area contributed by atoms with E-state index >= 15 is 0 Å². The van der Waals surface area contributed by atoms with Crippen LogP contribution in [0.1, 0.15) is 11.4 Å². The quantitative estimate of drug-likeness (QED) is 0.831. The van der Waals surface area contributed by atoms with Crippen molar-refractivity contribution < 1.29 is 9.53 Å². The van der Waals surface area contributed by atoms with E-state index in [9.17, 15) is 4.79 Å². The Hall–Kier alpha value is -1.60. The number of nitrogens with zero attached hydrogens (tertiary/aromatic N) is 2. The number of amides is 1. The molecule has 0 saturated carbocycles. The summed E-state index contributed by atoms with van der Waals surface area (Å²) in [5.41, 5.74) is 0. The zero-order chi connectivity index (χ0) is 14.4. The van der Waals surface area contributed by atoms with Crippen LogP contribution < -0.4 is 10.1 Å². The van der Waals surface area contributed by atoms with Gasteiger partial charge in [0, 0.05) is 17.1 Å². The lowest BCUT2D eigenvalue weighted by Crippen LogP contribution is -2.11. The number of rotatable bonds is 6. The van der Waals surface area contributed by atoms with Gasteiger partial charge in [0.2, 0.25) is 11.0 Å². The highest BCUT2D eigenvalue weighted by Crippen LogP contribution is 2.22. The van der Waals surface area contributed by atoms with Crippen LogP contribution in [0.25, 0.3) is 0 Å². The van der Waals surface area contributed by atoms with E-state index in [-0.39, 0.29) is 5.91 Å². The molecule has 0 saturated heterocycles. The smallest absolute Gasteiger partial charge is 0.227 e. The van der Waals surface area contributed by atoms with Gasteiger partial charge in [-0.15, -0.1) is 22.0 Å².